The van der Waals surface area contributed by atoms with Crippen LogP contribution in [-0.2, 0) is 4.79 Å². The summed E-state index contributed by atoms with van der Waals surface area (Å²) in [6, 6.07) is 7.50. The lowest BCUT2D eigenvalue weighted by molar-refractivity contribution is -0.118. The molecule has 5 heteroatoms. The molecular formula is C20H26N2O3. The van der Waals surface area contributed by atoms with Gasteiger partial charge < -0.3 is 14.8 Å². The minimum absolute atomic E-state index is 0.102. The lowest BCUT2D eigenvalue weighted by Crippen LogP contribution is -2.41. The molecule has 0 bridgehead atoms. The highest BCUT2D eigenvalue weighted by molar-refractivity contribution is 6.01. The Bertz CT molecular complexity index is 676. The molecule has 1 aliphatic carbocycles. The van der Waals surface area contributed by atoms with Crippen molar-refractivity contribution in [2.24, 2.45) is 5.92 Å². The van der Waals surface area contributed by atoms with Crippen molar-refractivity contribution in [1.29, 1.82) is 5.26 Å². The van der Waals surface area contributed by atoms with Crippen LogP contribution in [0.5, 0.6) is 11.5 Å². The molecule has 2 atom stereocenters. The standard InChI is InChI=1S/C20H26N2O3/c1-4-25-19-12-15(9-10-18(19)24-3)11-16(13-21)20(23)22-17-8-6-5-7-14(17)2/h9-12,14,17H,4-8H2,1-3H3,(H,22,23)/b16-11+/t14-,17+/m1/s1. The zero-order valence-electron chi connectivity index (χ0n) is 15.2. The van der Waals surface area contributed by atoms with Crippen molar-refractivity contribution in [3.05, 3.63) is 29.3 Å². The van der Waals surface area contributed by atoms with E-state index in [-0.39, 0.29) is 17.5 Å². The van der Waals surface area contributed by atoms with Gasteiger partial charge in [0.15, 0.2) is 11.5 Å². The quantitative estimate of drug-likeness (QED) is 0.632. The van der Waals surface area contributed by atoms with Crippen LogP contribution in [-0.4, -0.2) is 25.7 Å². The topological polar surface area (TPSA) is 71.3 Å². The van der Waals surface area contributed by atoms with Crippen LogP contribution in [0, 0.1) is 17.2 Å². The Morgan fingerprint density at radius 2 is 2.12 bits per heavy atom. The summed E-state index contributed by atoms with van der Waals surface area (Å²) in [5.41, 5.74) is 0.832. The molecule has 0 spiro atoms. The monoisotopic (exact) mass is 342 g/mol. The van der Waals surface area contributed by atoms with E-state index in [2.05, 4.69) is 12.2 Å². The van der Waals surface area contributed by atoms with Crippen molar-refractivity contribution in [1.82, 2.24) is 5.32 Å². The van der Waals surface area contributed by atoms with Gasteiger partial charge in [-0.25, -0.2) is 0 Å². The van der Waals surface area contributed by atoms with E-state index in [1.165, 1.54) is 6.42 Å². The van der Waals surface area contributed by atoms with Gasteiger partial charge in [-0.05, 0) is 49.5 Å². The Hall–Kier alpha value is -2.48. The third kappa shape index (κ3) is 4.99. The average Bonchev–Trinajstić information content (AvgIpc) is 2.62. The Kier molecular flexibility index (Phi) is 6.88. The van der Waals surface area contributed by atoms with Crippen molar-refractivity contribution in [2.45, 2.75) is 45.6 Å². The van der Waals surface area contributed by atoms with Crippen molar-refractivity contribution < 1.29 is 14.3 Å². The molecule has 1 fully saturated rings. The molecule has 0 heterocycles. The van der Waals surface area contributed by atoms with Crippen molar-refractivity contribution in [3.8, 4) is 17.6 Å². The molecule has 1 N–H and O–H groups in total. The summed E-state index contributed by atoms with van der Waals surface area (Å²) in [5, 5.41) is 12.4. The fourth-order valence-corrected chi connectivity index (χ4v) is 3.14. The summed E-state index contributed by atoms with van der Waals surface area (Å²) in [6.07, 6.45) is 6.01. The van der Waals surface area contributed by atoms with Crippen molar-refractivity contribution in [3.63, 3.8) is 0 Å². The van der Waals surface area contributed by atoms with Crippen LogP contribution in [0.15, 0.2) is 23.8 Å². The third-order valence-electron chi connectivity index (χ3n) is 4.59. The van der Waals surface area contributed by atoms with E-state index in [9.17, 15) is 10.1 Å². The summed E-state index contributed by atoms with van der Waals surface area (Å²) < 4.78 is 10.8. The average molecular weight is 342 g/mol. The summed E-state index contributed by atoms with van der Waals surface area (Å²) in [5.74, 6) is 1.36. The third-order valence-corrected chi connectivity index (χ3v) is 4.59. The Morgan fingerprint density at radius 3 is 2.76 bits per heavy atom. The number of methoxy groups -OCH3 is 1. The first kappa shape index (κ1) is 18.9. The highest BCUT2D eigenvalue weighted by atomic mass is 16.5. The zero-order valence-corrected chi connectivity index (χ0v) is 15.2. The van der Waals surface area contributed by atoms with E-state index in [4.69, 9.17) is 9.47 Å². The van der Waals surface area contributed by atoms with Gasteiger partial charge in [0.1, 0.15) is 11.6 Å². The predicted molar refractivity (Wildman–Crippen MR) is 97.3 cm³/mol. The number of rotatable bonds is 6. The number of hydrogen-bond donors (Lipinski definition) is 1. The van der Waals surface area contributed by atoms with Crippen LogP contribution >= 0.6 is 0 Å². The first-order valence-corrected chi connectivity index (χ1v) is 8.82. The first-order valence-electron chi connectivity index (χ1n) is 8.82. The lowest BCUT2D eigenvalue weighted by atomic mass is 9.86. The summed E-state index contributed by atoms with van der Waals surface area (Å²) in [4.78, 5) is 12.5. The van der Waals surface area contributed by atoms with E-state index in [1.54, 1.807) is 31.4 Å². The van der Waals surface area contributed by atoms with E-state index in [0.717, 1.165) is 24.8 Å². The summed E-state index contributed by atoms with van der Waals surface area (Å²) >= 11 is 0. The molecule has 0 saturated heterocycles. The molecule has 1 aromatic rings. The van der Waals surface area contributed by atoms with Gasteiger partial charge in [0.2, 0.25) is 0 Å². The molecule has 0 radical (unpaired) electrons. The predicted octanol–water partition coefficient (Wildman–Crippen LogP) is 3.70. The smallest absolute Gasteiger partial charge is 0.262 e. The largest absolute Gasteiger partial charge is 0.493 e. The van der Waals surface area contributed by atoms with Gasteiger partial charge in [-0.1, -0.05) is 25.8 Å². The number of amides is 1. The normalized spacial score (nSPS) is 20.5. The van der Waals surface area contributed by atoms with Gasteiger partial charge in [-0.3, -0.25) is 4.79 Å². The second-order valence-electron chi connectivity index (χ2n) is 6.35. The summed E-state index contributed by atoms with van der Waals surface area (Å²) in [7, 11) is 1.58. The number of carbonyl (C=O) groups is 1. The SMILES string of the molecule is CCOc1cc(/C=C(\C#N)C(=O)N[C@H]2CCCC[C@H]2C)ccc1OC. The van der Waals surface area contributed by atoms with Gasteiger partial charge in [0, 0.05) is 6.04 Å². The minimum atomic E-state index is -0.310. The van der Waals surface area contributed by atoms with E-state index in [1.807, 2.05) is 13.0 Å². The van der Waals surface area contributed by atoms with Crippen LogP contribution in [0.1, 0.15) is 45.1 Å². The number of ether oxygens (including phenoxy) is 2. The molecule has 1 aliphatic rings. The molecule has 0 aromatic heterocycles. The van der Waals surface area contributed by atoms with Gasteiger partial charge in [-0.2, -0.15) is 5.26 Å². The number of nitriles is 1. The molecule has 2 rings (SSSR count). The number of hydrogen-bond acceptors (Lipinski definition) is 4. The summed E-state index contributed by atoms with van der Waals surface area (Å²) in [6.45, 7) is 4.55. The van der Waals surface area contributed by atoms with Gasteiger partial charge in [-0.15, -0.1) is 0 Å². The molecule has 134 valence electrons. The van der Waals surface area contributed by atoms with Crippen LogP contribution in [0.2, 0.25) is 0 Å². The first-order chi connectivity index (χ1) is 12.1. The maximum atomic E-state index is 12.5. The Balaban J connectivity index is 2.17. The molecule has 0 unspecified atom stereocenters. The molecule has 5 nitrogen and oxygen atoms in total. The Labute approximate surface area is 149 Å². The number of carbonyl (C=O) groups excluding carboxylic acids is 1. The van der Waals surface area contributed by atoms with E-state index >= 15 is 0 Å². The number of nitrogens with zero attached hydrogens (tertiary/aromatic N) is 1. The maximum Gasteiger partial charge on any atom is 0.262 e. The number of nitrogens with one attached hydrogen (secondary N) is 1. The maximum absolute atomic E-state index is 12.5. The van der Waals surface area contributed by atoms with Crippen LogP contribution in [0.25, 0.3) is 6.08 Å². The highest BCUT2D eigenvalue weighted by Crippen LogP contribution is 2.29. The molecule has 25 heavy (non-hydrogen) atoms. The molecule has 1 aromatic carbocycles. The minimum Gasteiger partial charge on any atom is -0.493 e. The van der Waals surface area contributed by atoms with Gasteiger partial charge >= 0.3 is 0 Å². The second kappa shape index (κ2) is 9.12. The van der Waals surface area contributed by atoms with Gasteiger partial charge in [0.05, 0.1) is 13.7 Å². The molecular weight excluding hydrogens is 316 g/mol. The highest BCUT2D eigenvalue weighted by Gasteiger charge is 2.24. The molecule has 1 saturated carbocycles. The fourth-order valence-electron chi connectivity index (χ4n) is 3.14. The van der Waals surface area contributed by atoms with E-state index < -0.39 is 0 Å². The van der Waals surface area contributed by atoms with Crippen molar-refractivity contribution in [2.75, 3.05) is 13.7 Å². The zero-order chi connectivity index (χ0) is 18.2. The van der Waals surface area contributed by atoms with Crippen LogP contribution in [0.3, 0.4) is 0 Å². The van der Waals surface area contributed by atoms with Gasteiger partial charge in [0.25, 0.3) is 5.91 Å². The van der Waals surface area contributed by atoms with Crippen LogP contribution < -0.4 is 14.8 Å². The lowest BCUT2D eigenvalue weighted by Gasteiger charge is -2.29. The Morgan fingerprint density at radius 1 is 1.36 bits per heavy atom. The number of benzene rings is 1. The van der Waals surface area contributed by atoms with Crippen molar-refractivity contribution >= 4 is 12.0 Å². The molecule has 0 aliphatic heterocycles. The second-order valence-corrected chi connectivity index (χ2v) is 6.35. The molecule has 1 amide bonds. The fraction of sp³-hybridized carbons (Fsp3) is 0.500. The van der Waals surface area contributed by atoms with E-state index in [0.29, 0.717) is 24.0 Å². The van der Waals surface area contributed by atoms with Crippen LogP contribution in [0.4, 0.5) is 0 Å².